The Bertz CT molecular complexity index is 1700. The number of anilines is 1. The lowest BCUT2D eigenvalue weighted by molar-refractivity contribution is 0.0689. The summed E-state index contributed by atoms with van der Waals surface area (Å²) in [6.45, 7) is 12.3. The molecule has 3 aromatic carbocycles. The van der Waals surface area contributed by atoms with Gasteiger partial charge in [0.25, 0.3) is 5.91 Å². The molecule has 0 fully saturated rings. The highest BCUT2D eigenvalue weighted by Crippen LogP contribution is 2.33. The first-order valence-electron chi connectivity index (χ1n) is 14.9. The Morgan fingerprint density at radius 1 is 0.689 bits per heavy atom. The highest BCUT2D eigenvalue weighted by atomic mass is 32.2. The molecule has 0 unspecified atom stereocenters. The zero-order chi connectivity index (χ0) is 33.7. The minimum atomic E-state index is -3.86. The monoisotopic (exact) mass is 635 g/mol. The largest absolute Gasteiger partial charge is 0.478 e. The van der Waals surface area contributed by atoms with Crippen LogP contribution in [-0.2, 0) is 15.3 Å². The van der Waals surface area contributed by atoms with Crippen molar-refractivity contribution in [2.45, 2.75) is 88.9 Å². The van der Waals surface area contributed by atoms with Crippen molar-refractivity contribution in [3.8, 4) is 0 Å². The zero-order valence-electron chi connectivity index (χ0n) is 26.6. The molecule has 0 heterocycles. The summed E-state index contributed by atoms with van der Waals surface area (Å²) in [5.41, 5.74) is -0.757. The Morgan fingerprint density at radius 2 is 1.16 bits per heavy atom. The molecule has 0 saturated heterocycles. The maximum Gasteiger partial charge on any atom is 0.336 e. The van der Waals surface area contributed by atoms with Gasteiger partial charge in [0.2, 0.25) is 9.84 Å². The highest BCUT2D eigenvalue weighted by molar-refractivity contribution is 7.91. The van der Waals surface area contributed by atoms with Crippen molar-refractivity contribution in [2.75, 3.05) is 5.32 Å². The molecule has 3 rings (SSSR count). The number of hydrogen-bond donors (Lipinski definition) is 3. The van der Waals surface area contributed by atoms with E-state index in [1.54, 1.807) is 24.3 Å². The number of Topliss-reactive ketones (excluding diaryl/α,β-unsaturated/α-hetero) is 1. The van der Waals surface area contributed by atoms with Crippen LogP contribution in [0.5, 0.6) is 0 Å². The van der Waals surface area contributed by atoms with Crippen LogP contribution in [0.25, 0.3) is 0 Å². The molecule has 0 aromatic heterocycles. The van der Waals surface area contributed by atoms with Gasteiger partial charge in [-0.15, -0.1) is 0 Å². The summed E-state index contributed by atoms with van der Waals surface area (Å²) in [7, 11) is -3.86. The molecule has 0 spiro atoms. The lowest BCUT2D eigenvalue weighted by Crippen LogP contribution is -2.21. The number of rotatable bonds is 14. The molecular formula is C35H41NO8S. The number of carboxylic acids is 2. The fourth-order valence-electron chi connectivity index (χ4n) is 4.87. The first kappa shape index (κ1) is 35.2. The second kappa shape index (κ2) is 13.8. The first-order chi connectivity index (χ1) is 21.0. The van der Waals surface area contributed by atoms with Gasteiger partial charge in [-0.2, -0.15) is 0 Å². The molecule has 0 atom stereocenters. The molecule has 0 saturated carbocycles. The van der Waals surface area contributed by atoms with Crippen molar-refractivity contribution in [1.82, 2.24) is 0 Å². The van der Waals surface area contributed by atoms with Crippen molar-refractivity contribution in [2.24, 2.45) is 5.41 Å². The molecule has 10 heteroatoms. The van der Waals surface area contributed by atoms with Crippen LogP contribution >= 0.6 is 0 Å². The predicted octanol–water partition coefficient (Wildman–Crippen LogP) is 7.64. The summed E-state index contributed by atoms with van der Waals surface area (Å²) in [6, 6.07) is 14.0. The maximum atomic E-state index is 13.3. The van der Waals surface area contributed by atoms with E-state index >= 15 is 0 Å². The maximum absolute atomic E-state index is 13.3. The average molecular weight is 636 g/mol. The molecule has 9 nitrogen and oxygen atoms in total. The normalized spacial score (nSPS) is 12.0. The Kier molecular flexibility index (Phi) is 10.8. The highest BCUT2D eigenvalue weighted by Gasteiger charge is 2.28. The Labute approximate surface area is 264 Å². The third-order valence-corrected chi connectivity index (χ3v) is 10.9. The van der Waals surface area contributed by atoms with Gasteiger partial charge in [0, 0.05) is 17.7 Å². The molecule has 0 aliphatic heterocycles. The van der Waals surface area contributed by atoms with Crippen LogP contribution in [0.2, 0.25) is 0 Å². The summed E-state index contributed by atoms with van der Waals surface area (Å²) in [6.07, 6.45) is 3.05. The van der Waals surface area contributed by atoms with Gasteiger partial charge >= 0.3 is 11.9 Å². The van der Waals surface area contributed by atoms with Crippen LogP contribution in [0.15, 0.2) is 70.5 Å². The average Bonchev–Trinajstić information content (AvgIpc) is 3.02. The first-order valence-corrected chi connectivity index (χ1v) is 16.4. The fourth-order valence-corrected chi connectivity index (χ4v) is 6.13. The van der Waals surface area contributed by atoms with Gasteiger partial charge in [0.1, 0.15) is 0 Å². The van der Waals surface area contributed by atoms with Crippen molar-refractivity contribution in [1.29, 1.82) is 0 Å². The van der Waals surface area contributed by atoms with E-state index in [4.69, 9.17) is 0 Å². The second-order valence-electron chi connectivity index (χ2n) is 12.2. The Balaban J connectivity index is 1.91. The number of sulfone groups is 1. The molecule has 240 valence electrons. The van der Waals surface area contributed by atoms with E-state index in [0.29, 0.717) is 6.42 Å². The van der Waals surface area contributed by atoms with E-state index in [0.717, 1.165) is 37.0 Å². The minimum absolute atomic E-state index is 0.000853. The molecule has 0 aliphatic rings. The third-order valence-electron chi connectivity index (χ3n) is 9.08. The van der Waals surface area contributed by atoms with Crippen LogP contribution in [0.3, 0.4) is 0 Å². The number of benzene rings is 3. The number of nitrogens with one attached hydrogen (secondary N) is 1. The van der Waals surface area contributed by atoms with Crippen LogP contribution in [0.4, 0.5) is 5.69 Å². The topological polar surface area (TPSA) is 155 Å². The smallest absolute Gasteiger partial charge is 0.336 e. The lowest BCUT2D eigenvalue weighted by atomic mass is 9.79. The minimum Gasteiger partial charge on any atom is -0.478 e. The predicted molar refractivity (Wildman–Crippen MR) is 172 cm³/mol. The zero-order valence-corrected chi connectivity index (χ0v) is 27.4. The van der Waals surface area contributed by atoms with E-state index in [1.807, 2.05) is 20.8 Å². The number of amides is 1. The van der Waals surface area contributed by atoms with Crippen molar-refractivity contribution in [3.05, 3.63) is 88.5 Å². The molecule has 3 N–H and O–H groups in total. The van der Waals surface area contributed by atoms with Gasteiger partial charge in [-0.25, -0.2) is 18.0 Å². The molecule has 3 aromatic rings. The van der Waals surface area contributed by atoms with Crippen LogP contribution in [0.1, 0.15) is 121 Å². The van der Waals surface area contributed by atoms with Crippen molar-refractivity contribution in [3.63, 3.8) is 0 Å². The van der Waals surface area contributed by atoms with Gasteiger partial charge < -0.3 is 15.5 Å². The van der Waals surface area contributed by atoms with Gasteiger partial charge in [-0.05, 0) is 77.8 Å². The van der Waals surface area contributed by atoms with Gasteiger partial charge in [-0.1, -0.05) is 66.5 Å². The second-order valence-corrected chi connectivity index (χ2v) is 14.2. The fraction of sp³-hybridized carbons (Fsp3) is 0.371. The number of carbonyl (C=O) groups excluding carboxylic acids is 2. The molecule has 45 heavy (non-hydrogen) atoms. The molecule has 0 bridgehead atoms. The summed E-state index contributed by atoms with van der Waals surface area (Å²) >= 11 is 0. The molecular weight excluding hydrogens is 594 g/mol. The van der Waals surface area contributed by atoms with E-state index in [9.17, 15) is 37.8 Å². The van der Waals surface area contributed by atoms with Gasteiger partial charge in [-0.3, -0.25) is 9.59 Å². The number of hydrogen-bond acceptors (Lipinski definition) is 6. The van der Waals surface area contributed by atoms with E-state index < -0.39 is 50.2 Å². The number of carbonyl (C=O) groups is 4. The van der Waals surface area contributed by atoms with Crippen LogP contribution in [-0.4, -0.2) is 42.3 Å². The summed E-state index contributed by atoms with van der Waals surface area (Å²) in [5, 5.41) is 22.1. The van der Waals surface area contributed by atoms with Crippen molar-refractivity contribution >= 4 is 39.2 Å². The van der Waals surface area contributed by atoms with Crippen molar-refractivity contribution < 1.29 is 37.8 Å². The quantitative estimate of drug-likeness (QED) is 0.153. The summed E-state index contributed by atoms with van der Waals surface area (Å²) in [4.78, 5) is 50.6. The Morgan fingerprint density at radius 3 is 1.62 bits per heavy atom. The summed E-state index contributed by atoms with van der Waals surface area (Å²) in [5.74, 6) is -4.43. The van der Waals surface area contributed by atoms with E-state index in [-0.39, 0.29) is 38.3 Å². The van der Waals surface area contributed by atoms with E-state index in [1.165, 1.54) is 24.3 Å². The number of aromatic carboxylic acids is 2. The lowest BCUT2D eigenvalue weighted by Gasteiger charge is -2.26. The van der Waals surface area contributed by atoms with Gasteiger partial charge in [0.05, 0.1) is 26.5 Å². The van der Waals surface area contributed by atoms with Crippen LogP contribution < -0.4 is 5.32 Å². The molecule has 1 amide bonds. The third kappa shape index (κ3) is 7.86. The Hall–Kier alpha value is -4.31. The SMILES string of the molecule is CCC(C)(CC)CCC(=O)c1cc(C(=O)Nc2ccc(S(=O)(=O)c3ccc(C(C)(C)CC)cc3)cc2)c(C(=O)O)cc1C(=O)O. The number of ketones is 1. The van der Waals surface area contributed by atoms with Crippen LogP contribution in [0, 0.1) is 5.41 Å². The van der Waals surface area contributed by atoms with E-state index in [2.05, 4.69) is 26.1 Å². The summed E-state index contributed by atoms with van der Waals surface area (Å²) < 4.78 is 26.5. The standard InChI is InChI=1S/C35H41NO8S/c1-7-34(4,5)22-10-14-24(15-11-22)45(43,44)25-16-12-23(13-17-25)36-31(38)27-20-26(28(32(39)40)21-29(27)33(41)42)30(37)18-19-35(6,8-2)9-3/h10-17,20-21H,7-9,18-19H2,1-6H3,(H,36,38)(H,39,40)(H,41,42). The molecule has 0 aliphatic carbocycles. The number of carboxylic acid groups (broad SMARTS) is 2. The van der Waals surface area contributed by atoms with Gasteiger partial charge in [0.15, 0.2) is 5.78 Å². The molecule has 0 radical (unpaired) electrons.